The van der Waals surface area contributed by atoms with Crippen LogP contribution in [0.15, 0.2) is 29.1 Å². The minimum absolute atomic E-state index is 0.000466. The van der Waals surface area contributed by atoms with Crippen LogP contribution in [0.25, 0.3) is 10.9 Å². The number of aromatic nitrogens is 1. The third-order valence-corrected chi connectivity index (χ3v) is 4.73. The van der Waals surface area contributed by atoms with Gasteiger partial charge in [0, 0.05) is 18.0 Å². The molecule has 4 nitrogen and oxygen atoms in total. The molecule has 0 radical (unpaired) electrons. The second kappa shape index (κ2) is 7.60. The van der Waals surface area contributed by atoms with Crippen molar-refractivity contribution in [3.8, 4) is 0 Å². The van der Waals surface area contributed by atoms with Crippen molar-refractivity contribution in [2.24, 2.45) is 0 Å². The van der Waals surface area contributed by atoms with Crippen molar-refractivity contribution in [1.29, 1.82) is 0 Å². The average molecular weight is 330 g/mol. The number of nitrogens with one attached hydrogen (secondary N) is 2. The molecule has 5 heteroatoms. The van der Waals surface area contributed by atoms with Gasteiger partial charge in [-0.2, -0.15) is 0 Å². The summed E-state index contributed by atoms with van der Waals surface area (Å²) < 4.78 is 13.2. The maximum Gasteiger partial charge on any atom is 0.251 e. The summed E-state index contributed by atoms with van der Waals surface area (Å²) in [6.45, 7) is 0. The summed E-state index contributed by atoms with van der Waals surface area (Å²) in [7, 11) is 0. The Morgan fingerprint density at radius 2 is 1.92 bits per heavy atom. The highest BCUT2D eigenvalue weighted by Crippen LogP contribution is 2.17. The number of aromatic amines is 1. The van der Waals surface area contributed by atoms with Gasteiger partial charge in [-0.15, -0.1) is 0 Å². The van der Waals surface area contributed by atoms with Crippen molar-refractivity contribution in [3.63, 3.8) is 0 Å². The van der Waals surface area contributed by atoms with E-state index in [-0.39, 0.29) is 23.3 Å². The summed E-state index contributed by atoms with van der Waals surface area (Å²) in [5, 5.41) is 3.87. The van der Waals surface area contributed by atoms with E-state index in [0.717, 1.165) is 18.2 Å². The van der Waals surface area contributed by atoms with Crippen LogP contribution in [0.1, 0.15) is 50.5 Å². The number of fused-ring (bicyclic) bond motifs is 1. The van der Waals surface area contributed by atoms with Gasteiger partial charge in [-0.25, -0.2) is 4.39 Å². The predicted octanol–water partition coefficient (Wildman–Crippen LogP) is 3.44. The number of halogens is 1. The molecular formula is C19H23FN2O2. The Hall–Kier alpha value is -2.17. The lowest BCUT2D eigenvalue weighted by atomic mass is 10.1. The molecule has 2 N–H and O–H groups in total. The number of H-pyrrole nitrogens is 1. The lowest BCUT2D eigenvalue weighted by Crippen LogP contribution is -2.34. The van der Waals surface area contributed by atoms with Gasteiger partial charge in [0.15, 0.2) is 0 Å². The van der Waals surface area contributed by atoms with Crippen LogP contribution >= 0.6 is 0 Å². The van der Waals surface area contributed by atoms with Gasteiger partial charge >= 0.3 is 0 Å². The fraction of sp³-hybridized carbons (Fsp3) is 0.474. The molecule has 0 atom stereocenters. The summed E-state index contributed by atoms with van der Waals surface area (Å²) in [5.41, 5.74) is 0.784. The van der Waals surface area contributed by atoms with Gasteiger partial charge in [-0.05, 0) is 48.9 Å². The zero-order valence-electron chi connectivity index (χ0n) is 13.7. The molecule has 1 aliphatic carbocycles. The Balaban J connectivity index is 1.62. The predicted molar refractivity (Wildman–Crippen MR) is 92.5 cm³/mol. The van der Waals surface area contributed by atoms with Gasteiger partial charge in [0.05, 0.1) is 5.52 Å². The first kappa shape index (κ1) is 16.7. The van der Waals surface area contributed by atoms with Crippen LogP contribution < -0.4 is 10.9 Å². The topological polar surface area (TPSA) is 62.0 Å². The second-order valence-electron chi connectivity index (χ2n) is 6.61. The van der Waals surface area contributed by atoms with Crippen LogP contribution in [0, 0.1) is 5.82 Å². The van der Waals surface area contributed by atoms with E-state index in [1.54, 1.807) is 12.1 Å². The quantitative estimate of drug-likeness (QED) is 0.844. The molecule has 1 aromatic heterocycles. The highest BCUT2D eigenvalue weighted by molar-refractivity contribution is 5.79. The lowest BCUT2D eigenvalue weighted by molar-refractivity contribution is -0.121. The van der Waals surface area contributed by atoms with Crippen molar-refractivity contribution in [3.05, 3.63) is 46.0 Å². The SMILES string of the molecule is O=C(CCc1cc2ccc(F)cc2[nH]c1=O)NC1CCCCCC1. The van der Waals surface area contributed by atoms with E-state index < -0.39 is 0 Å². The maximum atomic E-state index is 13.2. The van der Waals surface area contributed by atoms with Gasteiger partial charge in [-0.1, -0.05) is 25.7 Å². The smallest absolute Gasteiger partial charge is 0.251 e. The molecular weight excluding hydrogens is 307 g/mol. The summed E-state index contributed by atoms with van der Waals surface area (Å²) in [6, 6.07) is 6.32. The van der Waals surface area contributed by atoms with Crippen LogP contribution in [-0.2, 0) is 11.2 Å². The summed E-state index contributed by atoms with van der Waals surface area (Å²) >= 11 is 0. The Morgan fingerprint density at radius 1 is 1.17 bits per heavy atom. The van der Waals surface area contributed by atoms with Gasteiger partial charge in [0.2, 0.25) is 5.91 Å². The van der Waals surface area contributed by atoms with Crippen LogP contribution in [0.5, 0.6) is 0 Å². The first-order valence-electron chi connectivity index (χ1n) is 8.72. The number of benzene rings is 1. The fourth-order valence-electron chi connectivity index (χ4n) is 3.38. The zero-order chi connectivity index (χ0) is 16.9. The van der Waals surface area contributed by atoms with Gasteiger partial charge in [0.1, 0.15) is 5.82 Å². The number of aryl methyl sites for hydroxylation is 1. The number of carbonyl (C=O) groups is 1. The molecule has 1 aromatic carbocycles. The van der Waals surface area contributed by atoms with Crippen LogP contribution in [0.2, 0.25) is 0 Å². The Bertz CT molecular complexity index is 777. The van der Waals surface area contributed by atoms with Crippen LogP contribution in [-0.4, -0.2) is 16.9 Å². The summed E-state index contributed by atoms with van der Waals surface area (Å²) in [4.78, 5) is 26.9. The Kier molecular flexibility index (Phi) is 5.28. The lowest BCUT2D eigenvalue weighted by Gasteiger charge is -2.16. The molecule has 1 aliphatic rings. The number of carbonyl (C=O) groups excluding carboxylic acids is 1. The molecule has 0 bridgehead atoms. The second-order valence-corrected chi connectivity index (χ2v) is 6.61. The molecule has 1 heterocycles. The first-order valence-corrected chi connectivity index (χ1v) is 8.72. The molecule has 0 spiro atoms. The van der Waals surface area contributed by atoms with Gasteiger partial charge in [0.25, 0.3) is 5.56 Å². The molecule has 3 rings (SSSR count). The van der Waals surface area contributed by atoms with Crippen LogP contribution in [0.3, 0.4) is 0 Å². The first-order chi connectivity index (χ1) is 11.6. The number of hydrogen-bond acceptors (Lipinski definition) is 2. The Morgan fingerprint density at radius 3 is 2.67 bits per heavy atom. The monoisotopic (exact) mass is 330 g/mol. The van der Waals surface area contributed by atoms with Crippen molar-refractivity contribution < 1.29 is 9.18 Å². The molecule has 1 fully saturated rings. The van der Waals surface area contributed by atoms with E-state index in [9.17, 15) is 14.0 Å². The third-order valence-electron chi connectivity index (χ3n) is 4.73. The molecule has 0 aliphatic heterocycles. The molecule has 128 valence electrons. The Labute approximate surface area is 140 Å². The minimum Gasteiger partial charge on any atom is -0.353 e. The molecule has 1 amide bonds. The van der Waals surface area contributed by atoms with Crippen LogP contribution in [0.4, 0.5) is 4.39 Å². The number of amides is 1. The zero-order valence-corrected chi connectivity index (χ0v) is 13.7. The largest absolute Gasteiger partial charge is 0.353 e. The number of rotatable bonds is 4. The normalized spacial score (nSPS) is 16.0. The fourth-order valence-corrected chi connectivity index (χ4v) is 3.38. The van der Waals surface area contributed by atoms with E-state index >= 15 is 0 Å². The summed E-state index contributed by atoms with van der Waals surface area (Å²) in [6.07, 6.45) is 7.63. The van der Waals surface area contributed by atoms with E-state index in [2.05, 4.69) is 10.3 Å². The van der Waals surface area contributed by atoms with Crippen molar-refractivity contribution in [2.75, 3.05) is 0 Å². The molecule has 0 saturated heterocycles. The molecule has 2 aromatic rings. The summed E-state index contributed by atoms with van der Waals surface area (Å²) in [5.74, 6) is -0.380. The van der Waals surface area contributed by atoms with Gasteiger partial charge < -0.3 is 10.3 Å². The molecule has 0 unspecified atom stereocenters. The molecule has 1 saturated carbocycles. The minimum atomic E-state index is -0.381. The standard InChI is InChI=1S/C19H23FN2O2/c20-15-9-7-13-11-14(19(24)22-17(13)12-15)8-10-18(23)21-16-5-3-1-2-4-6-16/h7,9,11-12,16H,1-6,8,10H2,(H,21,23)(H,22,24). The van der Waals surface area contributed by atoms with E-state index in [0.29, 0.717) is 23.9 Å². The van der Waals surface area contributed by atoms with E-state index in [1.807, 2.05) is 0 Å². The van der Waals surface area contributed by atoms with E-state index in [1.165, 1.54) is 37.8 Å². The number of pyridine rings is 1. The highest BCUT2D eigenvalue weighted by Gasteiger charge is 2.15. The third kappa shape index (κ3) is 4.22. The van der Waals surface area contributed by atoms with Crippen molar-refractivity contribution in [1.82, 2.24) is 10.3 Å². The highest BCUT2D eigenvalue weighted by atomic mass is 19.1. The van der Waals surface area contributed by atoms with E-state index in [4.69, 9.17) is 0 Å². The van der Waals surface area contributed by atoms with Crippen molar-refractivity contribution in [2.45, 2.75) is 57.4 Å². The van der Waals surface area contributed by atoms with Crippen molar-refractivity contribution >= 4 is 16.8 Å². The maximum absolute atomic E-state index is 13.2. The average Bonchev–Trinajstić information content (AvgIpc) is 2.81. The molecule has 24 heavy (non-hydrogen) atoms. The number of hydrogen-bond donors (Lipinski definition) is 2. The van der Waals surface area contributed by atoms with Gasteiger partial charge in [-0.3, -0.25) is 9.59 Å².